The molecule has 6 nitrogen and oxygen atoms in total. The van der Waals surface area contributed by atoms with E-state index in [1.807, 2.05) is 12.1 Å². The number of nitrogens with one attached hydrogen (secondary N) is 2. The molecule has 0 aliphatic rings. The van der Waals surface area contributed by atoms with Crippen molar-refractivity contribution in [3.8, 4) is 0 Å². The molecule has 2 rings (SSSR count). The lowest BCUT2D eigenvalue weighted by molar-refractivity contribution is 0.602. The lowest BCUT2D eigenvalue weighted by atomic mass is 10.3. The molecule has 0 spiro atoms. The van der Waals surface area contributed by atoms with Crippen molar-refractivity contribution in [1.82, 2.24) is 9.97 Å². The van der Waals surface area contributed by atoms with E-state index in [0.29, 0.717) is 12.4 Å². The molecule has 0 saturated heterocycles. The topological polar surface area (TPSA) is 84.0 Å². The maximum atomic E-state index is 11.4. The van der Waals surface area contributed by atoms with Crippen molar-refractivity contribution in [3.63, 3.8) is 0 Å². The third kappa shape index (κ3) is 4.20. The number of hydrogen-bond acceptors (Lipinski definition) is 5. The summed E-state index contributed by atoms with van der Waals surface area (Å²) < 4.78 is 25.2. The van der Waals surface area contributed by atoms with Crippen LogP contribution < -0.4 is 10.0 Å². The summed E-state index contributed by atoms with van der Waals surface area (Å²) in [4.78, 5) is 8.08. The first kappa shape index (κ1) is 14.3. The van der Waals surface area contributed by atoms with Crippen LogP contribution in [-0.2, 0) is 16.6 Å². The summed E-state index contributed by atoms with van der Waals surface area (Å²) in [5, 5.41) is 3.19. The van der Waals surface area contributed by atoms with Crippen molar-refractivity contribution in [2.24, 2.45) is 0 Å². The molecular formula is C13H16N4O2S. The Balaban J connectivity index is 1.95. The van der Waals surface area contributed by atoms with E-state index in [2.05, 4.69) is 20.0 Å². The number of pyridine rings is 2. The first-order valence-corrected chi connectivity index (χ1v) is 7.83. The molecule has 0 aliphatic heterocycles. The minimum Gasteiger partial charge on any atom is -0.380 e. The largest absolute Gasteiger partial charge is 0.380 e. The van der Waals surface area contributed by atoms with Crippen LogP contribution in [0.3, 0.4) is 0 Å². The van der Waals surface area contributed by atoms with Crippen LogP contribution in [0.15, 0.2) is 42.9 Å². The predicted molar refractivity (Wildman–Crippen MR) is 78.9 cm³/mol. The Labute approximate surface area is 118 Å². The van der Waals surface area contributed by atoms with Crippen LogP contribution >= 0.6 is 0 Å². The number of sulfonamides is 1. The molecule has 2 aromatic heterocycles. The van der Waals surface area contributed by atoms with Gasteiger partial charge < -0.3 is 5.32 Å². The van der Waals surface area contributed by atoms with Gasteiger partial charge in [0.15, 0.2) is 0 Å². The highest BCUT2D eigenvalue weighted by atomic mass is 32.2. The van der Waals surface area contributed by atoms with Gasteiger partial charge in [-0.1, -0.05) is 6.07 Å². The molecule has 0 bridgehead atoms. The Bertz CT molecular complexity index is 642. The van der Waals surface area contributed by atoms with E-state index >= 15 is 0 Å². The van der Waals surface area contributed by atoms with Gasteiger partial charge in [0.1, 0.15) is 5.82 Å². The molecule has 0 aliphatic carbocycles. The van der Waals surface area contributed by atoms with Gasteiger partial charge in [0.05, 0.1) is 17.6 Å². The Hall–Kier alpha value is -2.15. The SMILES string of the molecule is CCS(=O)(=O)Nc1ccc(NCc2cccnc2)cn1. The summed E-state index contributed by atoms with van der Waals surface area (Å²) >= 11 is 0. The normalized spacial score (nSPS) is 11.1. The highest BCUT2D eigenvalue weighted by molar-refractivity contribution is 7.92. The summed E-state index contributed by atoms with van der Waals surface area (Å²) in [5.74, 6) is 0.342. The zero-order valence-corrected chi connectivity index (χ0v) is 11.9. The van der Waals surface area contributed by atoms with Crippen LogP contribution in [0.2, 0.25) is 0 Å². The highest BCUT2D eigenvalue weighted by Crippen LogP contribution is 2.12. The van der Waals surface area contributed by atoms with Crippen molar-refractivity contribution in [3.05, 3.63) is 48.4 Å². The van der Waals surface area contributed by atoms with E-state index in [9.17, 15) is 8.42 Å². The molecule has 0 aromatic carbocycles. The van der Waals surface area contributed by atoms with Crippen LogP contribution in [0.4, 0.5) is 11.5 Å². The second-order valence-corrected chi connectivity index (χ2v) is 6.16. The number of aromatic nitrogens is 2. The van der Waals surface area contributed by atoms with Crippen molar-refractivity contribution in [1.29, 1.82) is 0 Å². The number of hydrogen-bond donors (Lipinski definition) is 2. The molecule has 0 unspecified atom stereocenters. The van der Waals surface area contributed by atoms with Gasteiger partial charge in [-0.15, -0.1) is 0 Å². The van der Waals surface area contributed by atoms with Crippen LogP contribution in [0.1, 0.15) is 12.5 Å². The molecule has 20 heavy (non-hydrogen) atoms. The monoisotopic (exact) mass is 292 g/mol. The van der Waals surface area contributed by atoms with E-state index in [-0.39, 0.29) is 5.75 Å². The maximum Gasteiger partial charge on any atom is 0.233 e. The van der Waals surface area contributed by atoms with E-state index < -0.39 is 10.0 Å². The summed E-state index contributed by atoms with van der Waals surface area (Å²) in [6.07, 6.45) is 5.09. The Morgan fingerprint density at radius 3 is 2.65 bits per heavy atom. The minimum absolute atomic E-state index is 0.0235. The molecule has 0 atom stereocenters. The van der Waals surface area contributed by atoms with Crippen molar-refractivity contribution in [2.45, 2.75) is 13.5 Å². The second-order valence-electron chi connectivity index (χ2n) is 4.15. The average Bonchev–Trinajstić information content (AvgIpc) is 2.47. The summed E-state index contributed by atoms with van der Waals surface area (Å²) in [5.41, 5.74) is 1.87. The quantitative estimate of drug-likeness (QED) is 0.849. The van der Waals surface area contributed by atoms with Crippen LogP contribution in [0, 0.1) is 0 Å². The van der Waals surface area contributed by atoms with Gasteiger partial charge in [0.2, 0.25) is 10.0 Å². The fourth-order valence-corrected chi connectivity index (χ4v) is 2.08. The lowest BCUT2D eigenvalue weighted by Gasteiger charge is -2.08. The molecule has 0 saturated carbocycles. The van der Waals surface area contributed by atoms with Gasteiger partial charge in [-0.05, 0) is 30.7 Å². The molecule has 0 radical (unpaired) electrons. The zero-order chi connectivity index (χ0) is 14.4. The fourth-order valence-electron chi connectivity index (χ4n) is 1.50. The molecule has 7 heteroatoms. The fraction of sp³-hybridized carbons (Fsp3) is 0.231. The number of nitrogens with zero attached hydrogens (tertiary/aromatic N) is 2. The molecule has 2 heterocycles. The molecule has 0 amide bonds. The van der Waals surface area contributed by atoms with Crippen molar-refractivity contribution >= 4 is 21.5 Å². The summed E-state index contributed by atoms with van der Waals surface area (Å²) in [6.45, 7) is 2.21. The standard InChI is InChI=1S/C13H16N4O2S/c1-2-20(18,19)17-13-6-5-12(10-16-13)15-9-11-4-3-7-14-8-11/h3-8,10,15H,2,9H2,1H3,(H,16,17). The number of rotatable bonds is 6. The van der Waals surface area contributed by atoms with E-state index in [1.54, 1.807) is 37.6 Å². The van der Waals surface area contributed by atoms with Gasteiger partial charge in [-0.2, -0.15) is 0 Å². The second kappa shape index (κ2) is 6.33. The van der Waals surface area contributed by atoms with Crippen molar-refractivity contribution < 1.29 is 8.42 Å². The first-order chi connectivity index (χ1) is 9.59. The molecule has 106 valence electrons. The van der Waals surface area contributed by atoms with Crippen LogP contribution in [0.25, 0.3) is 0 Å². The molecule has 2 aromatic rings. The number of anilines is 2. The lowest BCUT2D eigenvalue weighted by Crippen LogP contribution is -2.15. The first-order valence-electron chi connectivity index (χ1n) is 6.18. The Morgan fingerprint density at radius 1 is 1.20 bits per heavy atom. The average molecular weight is 292 g/mol. The van der Waals surface area contributed by atoms with E-state index in [0.717, 1.165) is 11.3 Å². The van der Waals surface area contributed by atoms with Crippen LogP contribution in [0.5, 0.6) is 0 Å². The third-order valence-electron chi connectivity index (χ3n) is 2.62. The predicted octanol–water partition coefficient (Wildman–Crippen LogP) is 1.85. The third-order valence-corrected chi connectivity index (χ3v) is 3.90. The van der Waals surface area contributed by atoms with Gasteiger partial charge in [0.25, 0.3) is 0 Å². The molecule has 2 N–H and O–H groups in total. The van der Waals surface area contributed by atoms with Gasteiger partial charge >= 0.3 is 0 Å². The zero-order valence-electron chi connectivity index (χ0n) is 11.1. The van der Waals surface area contributed by atoms with Gasteiger partial charge in [-0.3, -0.25) is 9.71 Å². The van der Waals surface area contributed by atoms with Crippen LogP contribution in [-0.4, -0.2) is 24.1 Å². The molecular weight excluding hydrogens is 276 g/mol. The molecule has 0 fully saturated rings. The maximum absolute atomic E-state index is 11.4. The van der Waals surface area contributed by atoms with Gasteiger partial charge in [0, 0.05) is 18.9 Å². The summed E-state index contributed by atoms with van der Waals surface area (Å²) in [7, 11) is -3.28. The smallest absolute Gasteiger partial charge is 0.233 e. The van der Waals surface area contributed by atoms with E-state index in [4.69, 9.17) is 0 Å². The summed E-state index contributed by atoms with van der Waals surface area (Å²) in [6, 6.07) is 7.24. The Morgan fingerprint density at radius 2 is 2.05 bits per heavy atom. The van der Waals surface area contributed by atoms with E-state index in [1.165, 1.54) is 0 Å². The highest BCUT2D eigenvalue weighted by Gasteiger charge is 2.07. The van der Waals surface area contributed by atoms with Crippen molar-refractivity contribution in [2.75, 3.05) is 15.8 Å². The Kier molecular flexibility index (Phi) is 4.52. The minimum atomic E-state index is -3.28. The van der Waals surface area contributed by atoms with Gasteiger partial charge in [-0.25, -0.2) is 13.4 Å².